The Morgan fingerprint density at radius 3 is 2.46 bits per heavy atom. The molecular weight excluding hydrogens is 167 g/mol. The first-order chi connectivity index (χ1) is 5.95. The summed E-state index contributed by atoms with van der Waals surface area (Å²) in [5, 5.41) is 0. The van der Waals surface area contributed by atoms with Gasteiger partial charge in [0.1, 0.15) is 5.82 Å². The molecule has 0 aliphatic carbocycles. The molecule has 0 saturated carbocycles. The van der Waals surface area contributed by atoms with Crippen LogP contribution in [0.15, 0.2) is 12.3 Å². The molecule has 13 heavy (non-hydrogen) atoms. The molecule has 2 nitrogen and oxygen atoms in total. The zero-order valence-corrected chi connectivity index (χ0v) is 7.93. The van der Waals surface area contributed by atoms with Gasteiger partial charge in [-0.05, 0) is 6.07 Å². The Bertz CT molecular complexity index is 358. The maximum Gasteiger partial charge on any atom is 0.207 e. The summed E-state index contributed by atoms with van der Waals surface area (Å²) in [6.07, 6.45) is 1.40. The second-order valence-corrected chi connectivity index (χ2v) is 3.89. The Morgan fingerprint density at radius 1 is 1.46 bits per heavy atom. The van der Waals surface area contributed by atoms with Crippen LogP contribution in [-0.2, 0) is 5.41 Å². The van der Waals surface area contributed by atoms with Crippen LogP contribution < -0.4 is 0 Å². The van der Waals surface area contributed by atoms with Gasteiger partial charge in [-0.1, -0.05) is 20.8 Å². The molecule has 0 fully saturated rings. The number of pyridine rings is 1. The van der Waals surface area contributed by atoms with Crippen molar-refractivity contribution in [3.8, 4) is 0 Å². The summed E-state index contributed by atoms with van der Waals surface area (Å²) < 4.78 is 13.3. The van der Waals surface area contributed by atoms with Crippen molar-refractivity contribution < 1.29 is 4.39 Å². The summed E-state index contributed by atoms with van der Waals surface area (Å²) >= 11 is 0. The lowest BCUT2D eigenvalue weighted by Gasteiger charge is -2.17. The van der Waals surface area contributed by atoms with Crippen LogP contribution in [0.4, 0.5) is 10.1 Å². The fraction of sp³-hybridized carbons (Fsp3) is 0.400. The fourth-order valence-electron chi connectivity index (χ4n) is 1.04. The molecule has 0 atom stereocenters. The van der Waals surface area contributed by atoms with Crippen molar-refractivity contribution >= 4 is 5.69 Å². The Morgan fingerprint density at radius 2 is 2.08 bits per heavy atom. The van der Waals surface area contributed by atoms with E-state index < -0.39 is 5.82 Å². The van der Waals surface area contributed by atoms with Crippen LogP contribution in [0.3, 0.4) is 0 Å². The second kappa shape index (κ2) is 3.14. The van der Waals surface area contributed by atoms with E-state index in [-0.39, 0.29) is 11.1 Å². The SMILES string of the molecule is [C-]#[N+]c1cnc(C(C)(C)C)c(F)c1. The molecule has 68 valence electrons. The van der Waals surface area contributed by atoms with Gasteiger partial charge in [0.2, 0.25) is 5.69 Å². The number of hydrogen-bond donors (Lipinski definition) is 0. The monoisotopic (exact) mass is 178 g/mol. The summed E-state index contributed by atoms with van der Waals surface area (Å²) in [7, 11) is 0. The summed E-state index contributed by atoms with van der Waals surface area (Å²) in [5.41, 5.74) is 0.329. The Kier molecular flexibility index (Phi) is 2.33. The van der Waals surface area contributed by atoms with Gasteiger partial charge in [0.15, 0.2) is 0 Å². The minimum atomic E-state index is -0.402. The van der Waals surface area contributed by atoms with E-state index in [1.165, 1.54) is 12.3 Å². The smallest absolute Gasteiger partial charge is 0.207 e. The molecule has 3 heteroatoms. The second-order valence-electron chi connectivity index (χ2n) is 3.89. The number of hydrogen-bond acceptors (Lipinski definition) is 1. The molecule has 0 unspecified atom stereocenters. The van der Waals surface area contributed by atoms with Gasteiger partial charge in [-0.25, -0.2) is 9.24 Å². The number of aromatic nitrogens is 1. The van der Waals surface area contributed by atoms with Crippen molar-refractivity contribution in [3.05, 3.63) is 35.2 Å². The summed E-state index contributed by atoms with van der Waals surface area (Å²) in [6.45, 7) is 12.3. The van der Waals surface area contributed by atoms with Gasteiger partial charge in [0.25, 0.3) is 0 Å². The van der Waals surface area contributed by atoms with E-state index >= 15 is 0 Å². The topological polar surface area (TPSA) is 17.2 Å². The lowest BCUT2D eigenvalue weighted by molar-refractivity contribution is 0.503. The van der Waals surface area contributed by atoms with Crippen molar-refractivity contribution in [1.82, 2.24) is 4.98 Å². The van der Waals surface area contributed by atoms with E-state index in [1.807, 2.05) is 20.8 Å². The standard InChI is InChI=1S/C10H11FN2/c1-10(2,3)9-8(11)5-7(12-4)6-13-9/h5-6H,1-3H3. The van der Waals surface area contributed by atoms with Crippen LogP contribution in [0.5, 0.6) is 0 Å². The van der Waals surface area contributed by atoms with Crippen molar-refractivity contribution in [2.24, 2.45) is 0 Å². The summed E-state index contributed by atoms with van der Waals surface area (Å²) in [6, 6.07) is 1.22. The predicted molar refractivity (Wildman–Crippen MR) is 49.2 cm³/mol. The maximum absolute atomic E-state index is 13.3. The first-order valence-corrected chi connectivity index (χ1v) is 3.98. The molecule has 0 saturated heterocycles. The van der Waals surface area contributed by atoms with Gasteiger partial charge in [-0.15, -0.1) is 0 Å². The van der Waals surface area contributed by atoms with Gasteiger partial charge >= 0.3 is 0 Å². The first-order valence-electron chi connectivity index (χ1n) is 3.98. The first kappa shape index (κ1) is 9.66. The molecule has 1 heterocycles. The van der Waals surface area contributed by atoms with Crippen molar-refractivity contribution in [1.29, 1.82) is 0 Å². The highest BCUT2D eigenvalue weighted by Gasteiger charge is 2.19. The molecule has 1 aromatic rings. The van der Waals surface area contributed by atoms with Crippen LogP contribution in [0.1, 0.15) is 26.5 Å². The molecule has 0 aromatic carbocycles. The van der Waals surface area contributed by atoms with Gasteiger partial charge in [0.05, 0.1) is 12.3 Å². The minimum Gasteiger partial charge on any atom is -0.269 e. The largest absolute Gasteiger partial charge is 0.269 e. The lowest BCUT2D eigenvalue weighted by Crippen LogP contribution is -2.15. The number of rotatable bonds is 0. The van der Waals surface area contributed by atoms with Crippen molar-refractivity contribution in [2.75, 3.05) is 0 Å². The van der Waals surface area contributed by atoms with Crippen LogP contribution in [0.25, 0.3) is 4.85 Å². The molecule has 0 bridgehead atoms. The highest BCUT2D eigenvalue weighted by atomic mass is 19.1. The maximum atomic E-state index is 13.3. The third kappa shape index (κ3) is 2.03. The molecular formula is C10H11FN2. The quantitative estimate of drug-likeness (QED) is 0.558. The van der Waals surface area contributed by atoms with Gasteiger partial charge < -0.3 is 0 Å². The van der Waals surface area contributed by atoms with Crippen LogP contribution in [0.2, 0.25) is 0 Å². The van der Waals surface area contributed by atoms with Gasteiger partial charge in [-0.2, -0.15) is 0 Å². The summed E-state index contributed by atoms with van der Waals surface area (Å²) in [4.78, 5) is 7.03. The van der Waals surface area contributed by atoms with Crippen LogP contribution >= 0.6 is 0 Å². The predicted octanol–water partition coefficient (Wildman–Crippen LogP) is 3.07. The highest BCUT2D eigenvalue weighted by molar-refractivity contribution is 5.43. The lowest BCUT2D eigenvalue weighted by atomic mass is 9.91. The molecule has 0 radical (unpaired) electrons. The Hall–Kier alpha value is -1.43. The zero-order chi connectivity index (χ0) is 10.1. The van der Waals surface area contributed by atoms with E-state index in [9.17, 15) is 4.39 Å². The number of halogens is 1. The summed E-state index contributed by atoms with van der Waals surface area (Å²) in [5.74, 6) is -0.402. The Labute approximate surface area is 77.2 Å². The van der Waals surface area contributed by atoms with E-state index in [0.29, 0.717) is 5.69 Å². The average molecular weight is 178 g/mol. The minimum absolute atomic E-state index is 0.241. The Balaban J connectivity index is 3.23. The number of nitrogens with zero attached hydrogens (tertiary/aromatic N) is 2. The molecule has 0 aliphatic rings. The normalized spacial score (nSPS) is 11.0. The molecule has 1 aromatic heterocycles. The molecule has 0 amide bonds. The van der Waals surface area contributed by atoms with Crippen LogP contribution in [0, 0.1) is 12.4 Å². The third-order valence-electron chi connectivity index (χ3n) is 1.67. The van der Waals surface area contributed by atoms with Crippen molar-refractivity contribution in [2.45, 2.75) is 26.2 Å². The van der Waals surface area contributed by atoms with Crippen molar-refractivity contribution in [3.63, 3.8) is 0 Å². The third-order valence-corrected chi connectivity index (χ3v) is 1.67. The zero-order valence-electron chi connectivity index (χ0n) is 7.93. The van der Waals surface area contributed by atoms with E-state index in [1.54, 1.807) is 0 Å². The molecule has 0 N–H and O–H groups in total. The average Bonchev–Trinajstić information content (AvgIpc) is 2.01. The van der Waals surface area contributed by atoms with E-state index in [0.717, 1.165) is 0 Å². The van der Waals surface area contributed by atoms with Gasteiger partial charge in [0, 0.05) is 11.6 Å². The molecule has 1 rings (SSSR count). The fourth-order valence-corrected chi connectivity index (χ4v) is 1.04. The molecule has 0 spiro atoms. The van der Waals surface area contributed by atoms with E-state index in [4.69, 9.17) is 6.57 Å². The molecule has 0 aliphatic heterocycles. The highest BCUT2D eigenvalue weighted by Crippen LogP contribution is 2.25. The van der Waals surface area contributed by atoms with E-state index in [2.05, 4.69) is 9.83 Å². The van der Waals surface area contributed by atoms with Gasteiger partial charge in [-0.3, -0.25) is 4.98 Å². The van der Waals surface area contributed by atoms with Crippen LogP contribution in [-0.4, -0.2) is 4.98 Å².